The molecule has 1 aliphatic heterocycles. The highest BCUT2D eigenvalue weighted by Crippen LogP contribution is 2.40. The molecule has 73 heavy (non-hydrogen) atoms. The molecular formula is C55H61N9O8S. The fraction of sp³-hybridized carbons (Fsp3) is 0.345. The van der Waals surface area contributed by atoms with E-state index in [1.807, 2.05) is 78.9 Å². The van der Waals surface area contributed by atoms with Gasteiger partial charge in [-0.1, -0.05) is 98.7 Å². The SMILES string of the molecule is CC(C)C(C)(c1ccc(-c2noc(CN3CCOCC3)n2)cc1)c1ccc(OCc2ccccn2)cn1.CC(C)C(C)(c1ccc(-c2noc(COS(C)(=O)=O)n2)cc1)c1ccc(OCc2ccccn2)cn1. The van der Waals surface area contributed by atoms with E-state index in [0.29, 0.717) is 49.0 Å². The van der Waals surface area contributed by atoms with Crippen molar-refractivity contribution in [3.63, 3.8) is 0 Å². The summed E-state index contributed by atoms with van der Waals surface area (Å²) in [7, 11) is -3.60. The van der Waals surface area contributed by atoms with E-state index < -0.39 is 10.1 Å². The van der Waals surface area contributed by atoms with E-state index in [0.717, 1.165) is 77.8 Å². The van der Waals surface area contributed by atoms with E-state index >= 15 is 0 Å². The average Bonchev–Trinajstić information content (AvgIpc) is 4.10. The first-order chi connectivity index (χ1) is 35.2. The molecule has 0 spiro atoms. The van der Waals surface area contributed by atoms with Crippen molar-refractivity contribution in [1.29, 1.82) is 0 Å². The molecule has 9 rings (SSSR count). The number of hydrogen-bond donors (Lipinski definition) is 0. The molecule has 0 saturated carbocycles. The summed E-state index contributed by atoms with van der Waals surface area (Å²) in [5.41, 5.74) is 6.95. The molecule has 7 heterocycles. The van der Waals surface area contributed by atoms with Crippen LogP contribution in [0.5, 0.6) is 11.5 Å². The molecule has 1 fully saturated rings. The molecule has 8 aromatic rings. The quantitative estimate of drug-likeness (QED) is 0.0692. The highest BCUT2D eigenvalue weighted by atomic mass is 32.2. The maximum absolute atomic E-state index is 11.2. The van der Waals surface area contributed by atoms with Crippen LogP contribution in [0.15, 0.2) is 143 Å². The lowest BCUT2D eigenvalue weighted by atomic mass is 9.70. The summed E-state index contributed by atoms with van der Waals surface area (Å²) >= 11 is 0. The summed E-state index contributed by atoms with van der Waals surface area (Å²) in [6.45, 7) is 17.5. The van der Waals surface area contributed by atoms with Crippen LogP contribution in [0, 0.1) is 11.8 Å². The topological polar surface area (TPSA) is 204 Å². The largest absolute Gasteiger partial charge is 0.486 e. The lowest BCUT2D eigenvalue weighted by Gasteiger charge is -2.34. The van der Waals surface area contributed by atoms with Gasteiger partial charge in [-0.25, -0.2) is 0 Å². The van der Waals surface area contributed by atoms with Crippen molar-refractivity contribution < 1.29 is 35.9 Å². The van der Waals surface area contributed by atoms with Gasteiger partial charge >= 0.3 is 0 Å². The maximum atomic E-state index is 11.2. The molecule has 2 aromatic carbocycles. The molecule has 1 saturated heterocycles. The number of morpholine rings is 1. The molecule has 18 heteroatoms. The predicted octanol–water partition coefficient (Wildman–Crippen LogP) is 9.44. The Morgan fingerprint density at radius 1 is 0.589 bits per heavy atom. The van der Waals surface area contributed by atoms with Crippen molar-refractivity contribution in [2.75, 3.05) is 32.6 Å². The Labute approximate surface area is 426 Å². The molecular weight excluding hydrogens is 947 g/mol. The average molecular weight is 1010 g/mol. The molecule has 1 aliphatic rings. The first kappa shape index (κ1) is 52.1. The third-order valence-corrected chi connectivity index (χ3v) is 13.9. The molecule has 0 radical (unpaired) electrons. The number of hydrogen-bond acceptors (Lipinski definition) is 17. The first-order valence-corrected chi connectivity index (χ1v) is 26.0. The van der Waals surface area contributed by atoms with E-state index in [1.165, 1.54) is 5.56 Å². The van der Waals surface area contributed by atoms with Crippen LogP contribution >= 0.6 is 0 Å². The Morgan fingerprint density at radius 3 is 1.47 bits per heavy atom. The number of pyridine rings is 4. The lowest BCUT2D eigenvalue weighted by Crippen LogP contribution is -2.35. The minimum Gasteiger partial charge on any atom is -0.486 e. The van der Waals surface area contributed by atoms with Crippen LogP contribution < -0.4 is 9.47 Å². The third kappa shape index (κ3) is 13.2. The monoisotopic (exact) mass is 1010 g/mol. The molecule has 2 unspecified atom stereocenters. The van der Waals surface area contributed by atoms with Crippen LogP contribution in [0.25, 0.3) is 22.8 Å². The van der Waals surface area contributed by atoms with Crippen molar-refractivity contribution in [2.24, 2.45) is 11.8 Å². The number of rotatable bonds is 19. The van der Waals surface area contributed by atoms with Crippen molar-refractivity contribution in [3.8, 4) is 34.3 Å². The summed E-state index contributed by atoms with van der Waals surface area (Å²) in [6, 6.07) is 35.7. The Hall–Kier alpha value is -7.25. The normalized spacial score (nSPS) is 14.8. The van der Waals surface area contributed by atoms with Crippen molar-refractivity contribution in [2.45, 2.75) is 78.7 Å². The molecule has 0 bridgehead atoms. The van der Waals surface area contributed by atoms with E-state index in [9.17, 15) is 8.42 Å². The zero-order valence-electron chi connectivity index (χ0n) is 42.2. The van der Waals surface area contributed by atoms with Crippen molar-refractivity contribution in [1.82, 2.24) is 45.1 Å². The van der Waals surface area contributed by atoms with Gasteiger partial charge < -0.3 is 23.3 Å². The fourth-order valence-electron chi connectivity index (χ4n) is 8.29. The zero-order chi connectivity index (χ0) is 51.4. The summed E-state index contributed by atoms with van der Waals surface area (Å²) in [5.74, 6) is 3.64. The van der Waals surface area contributed by atoms with Crippen LogP contribution in [0.4, 0.5) is 0 Å². The molecule has 0 aliphatic carbocycles. The molecule has 0 N–H and O–H groups in total. The van der Waals surface area contributed by atoms with E-state index in [4.69, 9.17) is 37.4 Å². The van der Waals surface area contributed by atoms with E-state index in [-0.39, 0.29) is 29.2 Å². The van der Waals surface area contributed by atoms with Crippen molar-refractivity contribution >= 4 is 10.1 Å². The molecule has 0 amide bonds. The molecule has 6 aromatic heterocycles. The van der Waals surface area contributed by atoms with Crippen LogP contribution in [-0.4, -0.2) is 86.1 Å². The van der Waals surface area contributed by atoms with Gasteiger partial charge in [0.05, 0.1) is 61.2 Å². The summed E-state index contributed by atoms with van der Waals surface area (Å²) in [4.78, 5) is 29.2. The highest BCUT2D eigenvalue weighted by Gasteiger charge is 2.35. The Bertz CT molecular complexity index is 3080. The van der Waals surface area contributed by atoms with Gasteiger partial charge in [0.2, 0.25) is 17.5 Å². The Balaban J connectivity index is 0.000000195. The molecule has 2 atom stereocenters. The second-order valence-electron chi connectivity index (χ2n) is 18.7. The summed E-state index contributed by atoms with van der Waals surface area (Å²) in [5, 5.41) is 8.14. The van der Waals surface area contributed by atoms with Gasteiger partial charge in [0.15, 0.2) is 0 Å². The first-order valence-electron chi connectivity index (χ1n) is 24.2. The van der Waals surface area contributed by atoms with Gasteiger partial charge in [-0.3, -0.25) is 29.0 Å². The summed E-state index contributed by atoms with van der Waals surface area (Å²) in [6.07, 6.45) is 8.01. The smallest absolute Gasteiger partial charge is 0.264 e. The molecule has 17 nitrogen and oxygen atoms in total. The predicted molar refractivity (Wildman–Crippen MR) is 273 cm³/mol. The number of ether oxygens (including phenoxy) is 3. The van der Waals surface area contributed by atoms with Crippen LogP contribution in [0.1, 0.15) is 87.2 Å². The fourth-order valence-corrected chi connectivity index (χ4v) is 8.60. The van der Waals surface area contributed by atoms with Gasteiger partial charge in [0.25, 0.3) is 16.0 Å². The second-order valence-corrected chi connectivity index (χ2v) is 20.4. The highest BCUT2D eigenvalue weighted by molar-refractivity contribution is 7.85. The van der Waals surface area contributed by atoms with Gasteiger partial charge in [-0.2, -0.15) is 18.4 Å². The summed E-state index contributed by atoms with van der Waals surface area (Å²) < 4.78 is 54.8. The van der Waals surface area contributed by atoms with Gasteiger partial charge in [-0.15, -0.1) is 0 Å². The van der Waals surface area contributed by atoms with Gasteiger partial charge in [0.1, 0.15) is 31.3 Å². The number of nitrogens with zero attached hydrogens (tertiary/aromatic N) is 9. The van der Waals surface area contributed by atoms with E-state index in [2.05, 4.69) is 107 Å². The Morgan fingerprint density at radius 2 is 1.05 bits per heavy atom. The minimum absolute atomic E-state index is 0.0843. The van der Waals surface area contributed by atoms with Gasteiger partial charge in [0, 0.05) is 47.4 Å². The van der Waals surface area contributed by atoms with Crippen LogP contribution in [0.2, 0.25) is 0 Å². The minimum atomic E-state index is -3.60. The Kier molecular flexibility index (Phi) is 16.8. The number of benzene rings is 2. The lowest BCUT2D eigenvalue weighted by molar-refractivity contribution is 0.0297. The zero-order valence-corrected chi connectivity index (χ0v) is 43.0. The standard InChI is InChI=1S/C29H33N5O3.C26H28N4O5S/c1-21(2)29(3,26-12-11-25(18-31-26)36-20-24-6-4-5-13-30-24)23-9-7-22(8-10-23)28-32-27(37-33-28)19-34-14-16-35-17-15-34;1-18(2)26(3,23-13-12-22(15-28-23)33-16-21-7-5-6-14-27-21)20-10-8-19(9-11-20)25-29-24(35-30-25)17-34-36(4,31)32/h4-13,18,21H,14-17,19-20H2,1-3H3;5-15,18H,16-17H2,1-4H3. The van der Waals surface area contributed by atoms with Crippen molar-refractivity contribution in [3.05, 3.63) is 180 Å². The van der Waals surface area contributed by atoms with Gasteiger partial charge in [-0.05, 0) is 85.3 Å². The van der Waals surface area contributed by atoms with E-state index in [1.54, 1.807) is 24.8 Å². The molecule has 380 valence electrons. The van der Waals surface area contributed by atoms with Crippen LogP contribution in [-0.2, 0) is 56.2 Å². The third-order valence-electron chi connectivity index (χ3n) is 13.4. The number of aromatic nitrogens is 8. The van der Waals surface area contributed by atoms with Crippen LogP contribution in [0.3, 0.4) is 0 Å². The maximum Gasteiger partial charge on any atom is 0.264 e. The second kappa shape index (κ2) is 23.5.